The van der Waals surface area contributed by atoms with Crippen molar-refractivity contribution < 1.29 is 4.74 Å². The van der Waals surface area contributed by atoms with Crippen molar-refractivity contribution in [2.24, 2.45) is 0 Å². The Bertz CT molecular complexity index is 931. The molecule has 0 atom stereocenters. The largest absolute Gasteiger partial charge is 0.378 e. The van der Waals surface area contributed by atoms with Crippen molar-refractivity contribution >= 4 is 31.8 Å². The minimum atomic E-state index is 0.0154. The van der Waals surface area contributed by atoms with Gasteiger partial charge in [-0.2, -0.15) is 0 Å². The summed E-state index contributed by atoms with van der Waals surface area (Å²) in [5, 5.41) is 1.03. The van der Waals surface area contributed by atoms with Gasteiger partial charge >= 0.3 is 0 Å². The molecule has 1 fully saturated rings. The van der Waals surface area contributed by atoms with Crippen LogP contribution in [0, 0.1) is 0 Å². The van der Waals surface area contributed by atoms with E-state index in [1.54, 1.807) is 10.5 Å². The normalized spacial score (nSPS) is 14.9. The van der Waals surface area contributed by atoms with E-state index in [4.69, 9.17) is 4.74 Å². The number of aromatic amines is 1. The van der Waals surface area contributed by atoms with E-state index in [1.807, 2.05) is 32.4 Å². The van der Waals surface area contributed by atoms with E-state index in [0.29, 0.717) is 7.31 Å². The van der Waals surface area contributed by atoms with Crippen LogP contribution in [0.2, 0.25) is 0 Å². The molecular weight excluding hydrogens is 302 g/mol. The highest BCUT2D eigenvalue weighted by molar-refractivity contribution is 6.88. The van der Waals surface area contributed by atoms with E-state index in [2.05, 4.69) is 20.9 Å². The molecule has 4 rings (SSSR count). The molecule has 1 aliphatic rings. The first kappa shape index (κ1) is 15.1. The maximum Gasteiger partial charge on any atom is 0.238 e. The van der Waals surface area contributed by atoms with Crippen LogP contribution >= 0.6 is 0 Å². The van der Waals surface area contributed by atoms with Gasteiger partial charge < -0.3 is 19.1 Å². The zero-order chi connectivity index (χ0) is 16.5. The minimum absolute atomic E-state index is 0.0154. The summed E-state index contributed by atoms with van der Waals surface area (Å²) >= 11 is 0. The monoisotopic (exact) mass is 320 g/mol. The fourth-order valence-corrected chi connectivity index (χ4v) is 3.16. The zero-order valence-corrected chi connectivity index (χ0v) is 13.7. The molecule has 0 spiro atoms. The quantitative estimate of drug-likeness (QED) is 0.689. The molecule has 0 aromatic carbocycles. The van der Waals surface area contributed by atoms with E-state index in [0.717, 1.165) is 54.2 Å². The van der Waals surface area contributed by atoms with Crippen LogP contribution in [0.4, 0.5) is 5.69 Å². The van der Waals surface area contributed by atoms with Gasteiger partial charge in [0.15, 0.2) is 0 Å². The number of aromatic nitrogens is 3. The van der Waals surface area contributed by atoms with Crippen molar-refractivity contribution in [2.75, 3.05) is 31.2 Å². The average Bonchev–Trinajstić information content (AvgIpc) is 3.05. The number of pyridine rings is 2. The second-order valence-corrected chi connectivity index (χ2v) is 5.93. The van der Waals surface area contributed by atoms with Crippen LogP contribution in [0.25, 0.3) is 22.2 Å². The van der Waals surface area contributed by atoms with Crippen LogP contribution in [0.1, 0.15) is 0 Å². The maximum absolute atomic E-state index is 12.1. The highest BCUT2D eigenvalue weighted by Crippen LogP contribution is 2.29. The van der Waals surface area contributed by atoms with Crippen molar-refractivity contribution in [3.8, 4) is 11.1 Å². The SMILES string of the molecule is BBn1ccc(-c2c[nH]c3ncc(N4CCOCC4)cc23)cc1=O. The van der Waals surface area contributed by atoms with Crippen molar-refractivity contribution in [1.29, 1.82) is 0 Å². The third-order valence-electron chi connectivity index (χ3n) is 4.54. The number of hydrogen-bond acceptors (Lipinski definition) is 4. The molecule has 8 heteroatoms. The highest BCUT2D eigenvalue weighted by Gasteiger charge is 2.14. The van der Waals surface area contributed by atoms with Crippen LogP contribution in [-0.2, 0) is 4.74 Å². The number of ether oxygens (including phenoxy) is 1. The number of fused-ring (bicyclic) bond motifs is 1. The Balaban J connectivity index is 1.78. The van der Waals surface area contributed by atoms with Gasteiger partial charge in [0.05, 0.1) is 32.8 Å². The number of anilines is 1. The first-order valence-electron chi connectivity index (χ1n) is 8.27. The van der Waals surface area contributed by atoms with E-state index < -0.39 is 0 Å². The Morgan fingerprint density at radius 1 is 1.29 bits per heavy atom. The molecule has 3 aromatic heterocycles. The Hall–Kier alpha value is -2.47. The van der Waals surface area contributed by atoms with Gasteiger partial charge in [-0.3, -0.25) is 4.79 Å². The molecule has 120 valence electrons. The van der Waals surface area contributed by atoms with Crippen LogP contribution in [0.15, 0.2) is 41.6 Å². The fourth-order valence-electron chi connectivity index (χ4n) is 3.16. The third kappa shape index (κ3) is 2.63. The Labute approximate surface area is 141 Å². The van der Waals surface area contributed by atoms with Gasteiger partial charge in [0.1, 0.15) is 5.65 Å². The molecule has 6 nitrogen and oxygen atoms in total. The average molecular weight is 320 g/mol. The summed E-state index contributed by atoms with van der Waals surface area (Å²) in [5.74, 6) is 0. The van der Waals surface area contributed by atoms with Crippen molar-refractivity contribution in [1.82, 2.24) is 14.4 Å². The number of nitrogens with zero attached hydrogens (tertiary/aromatic N) is 3. The molecule has 0 radical (unpaired) electrons. The summed E-state index contributed by atoms with van der Waals surface area (Å²) in [5.41, 5.74) is 3.86. The molecule has 4 heterocycles. The number of nitrogens with one attached hydrogen (secondary N) is 1. The lowest BCUT2D eigenvalue weighted by atomic mass is 9.67. The van der Waals surface area contributed by atoms with Crippen LogP contribution < -0.4 is 10.5 Å². The standard InChI is InChI=1S/C16H18B2N4O2/c17-18-22-2-1-11(7-15(22)23)14-10-20-16-13(14)8-12(9-19-16)21-3-5-24-6-4-21/h1-2,7-10,18H,3-6,17H2,(H,19,20). The van der Waals surface area contributed by atoms with Gasteiger partial charge in [-0.25, -0.2) is 4.98 Å². The highest BCUT2D eigenvalue weighted by atomic mass is 16.5. The molecule has 1 N–H and O–H groups in total. The van der Waals surface area contributed by atoms with Crippen LogP contribution in [-0.4, -0.2) is 55.8 Å². The van der Waals surface area contributed by atoms with Gasteiger partial charge in [0.2, 0.25) is 12.9 Å². The van der Waals surface area contributed by atoms with Gasteiger partial charge in [0, 0.05) is 36.3 Å². The zero-order valence-electron chi connectivity index (χ0n) is 13.7. The van der Waals surface area contributed by atoms with Gasteiger partial charge in [-0.15, -0.1) is 0 Å². The summed E-state index contributed by atoms with van der Waals surface area (Å²) in [4.78, 5) is 22.2. The smallest absolute Gasteiger partial charge is 0.238 e. The third-order valence-corrected chi connectivity index (χ3v) is 4.54. The molecule has 0 amide bonds. The second kappa shape index (κ2) is 6.20. The lowest BCUT2D eigenvalue weighted by Crippen LogP contribution is -2.36. The maximum atomic E-state index is 12.1. The molecule has 0 unspecified atom stereocenters. The summed E-state index contributed by atoms with van der Waals surface area (Å²) in [6.07, 6.45) is 5.66. The molecule has 0 aliphatic carbocycles. The molecule has 3 aromatic rings. The second-order valence-electron chi connectivity index (χ2n) is 5.93. The molecule has 0 saturated carbocycles. The van der Waals surface area contributed by atoms with E-state index >= 15 is 0 Å². The molecular formula is C16H18B2N4O2. The number of H-pyrrole nitrogens is 1. The predicted molar refractivity (Wildman–Crippen MR) is 99.9 cm³/mol. The van der Waals surface area contributed by atoms with Crippen molar-refractivity contribution in [2.45, 2.75) is 0 Å². The van der Waals surface area contributed by atoms with Crippen molar-refractivity contribution in [3.05, 3.63) is 47.1 Å². The number of morpholine rings is 1. The van der Waals surface area contributed by atoms with Gasteiger partial charge in [0.25, 0.3) is 0 Å². The van der Waals surface area contributed by atoms with Crippen LogP contribution in [0.5, 0.6) is 0 Å². The molecule has 1 saturated heterocycles. The first-order valence-corrected chi connectivity index (χ1v) is 8.27. The summed E-state index contributed by atoms with van der Waals surface area (Å²) in [7, 11) is 2.64. The van der Waals surface area contributed by atoms with E-state index in [1.165, 1.54) is 0 Å². The summed E-state index contributed by atoms with van der Waals surface area (Å²) in [6.45, 7) is 3.24. The minimum Gasteiger partial charge on any atom is -0.378 e. The summed E-state index contributed by atoms with van der Waals surface area (Å²) in [6, 6.07) is 5.81. The van der Waals surface area contributed by atoms with E-state index in [-0.39, 0.29) is 5.56 Å². The molecule has 1 aliphatic heterocycles. The first-order chi connectivity index (χ1) is 11.8. The molecule has 0 bridgehead atoms. The lowest BCUT2D eigenvalue weighted by molar-refractivity contribution is 0.122. The Morgan fingerprint density at radius 2 is 2.12 bits per heavy atom. The summed E-state index contributed by atoms with van der Waals surface area (Å²) < 4.78 is 7.11. The fraction of sp³-hybridized carbons (Fsp3) is 0.250. The van der Waals surface area contributed by atoms with Crippen LogP contribution in [0.3, 0.4) is 0 Å². The van der Waals surface area contributed by atoms with Gasteiger partial charge in [-0.05, 0) is 23.9 Å². The molecule has 24 heavy (non-hydrogen) atoms. The Kier molecular flexibility index (Phi) is 3.90. The topological polar surface area (TPSA) is 63.1 Å². The Morgan fingerprint density at radius 3 is 2.88 bits per heavy atom. The van der Waals surface area contributed by atoms with E-state index in [9.17, 15) is 4.79 Å². The number of rotatable bonds is 3. The predicted octanol–water partition coefficient (Wildman–Crippen LogP) is -0.0241. The van der Waals surface area contributed by atoms with Gasteiger partial charge in [-0.1, -0.05) is 0 Å². The number of hydrogen-bond donors (Lipinski definition) is 1. The lowest BCUT2D eigenvalue weighted by Gasteiger charge is -2.28. The van der Waals surface area contributed by atoms with Crippen molar-refractivity contribution in [3.63, 3.8) is 0 Å².